The number of rotatable bonds is 7. The van der Waals surface area contributed by atoms with Crippen LogP contribution in [0.4, 0.5) is 28.4 Å². The minimum atomic E-state index is -5.09. The standard InChI is InChI=1S/C22H17N5O9S3.3Na/c23-19-8-10-20(18-12-16(38(31,32)33)6-7-17(18)19)26-27-21-9-3-14(11-22(21)39(34,35)36)25-24-13-1-4-15(5-2-13)37(28,29)30;;;/h1-12H,23H2,(H,28,29,30)(H,31,32,33)(H,34,35,36);;;/q;3*+1/p-3. The molecule has 14 nitrogen and oxygen atoms in total. The van der Waals surface area contributed by atoms with Crippen LogP contribution in [0.3, 0.4) is 0 Å². The third-order valence-corrected chi connectivity index (χ3v) is 7.72. The van der Waals surface area contributed by atoms with Gasteiger partial charge in [0.2, 0.25) is 0 Å². The van der Waals surface area contributed by atoms with Gasteiger partial charge in [-0.25, -0.2) is 25.3 Å². The van der Waals surface area contributed by atoms with Gasteiger partial charge in [-0.05, 0) is 66.7 Å². The molecule has 0 radical (unpaired) electrons. The van der Waals surface area contributed by atoms with Crippen LogP contribution < -0.4 is 94.4 Å². The van der Waals surface area contributed by atoms with Crippen LogP contribution in [0.5, 0.6) is 0 Å². The number of nitrogens with two attached hydrogens (primary N) is 1. The molecule has 0 aliphatic heterocycles. The van der Waals surface area contributed by atoms with Crippen molar-refractivity contribution in [2.24, 2.45) is 20.5 Å². The second-order valence-corrected chi connectivity index (χ2v) is 11.9. The van der Waals surface area contributed by atoms with Crippen molar-refractivity contribution in [1.29, 1.82) is 0 Å². The third kappa shape index (κ3) is 9.68. The summed E-state index contributed by atoms with van der Waals surface area (Å²) in [6.07, 6.45) is 0. The number of benzene rings is 4. The van der Waals surface area contributed by atoms with Gasteiger partial charge in [0.05, 0.1) is 31.7 Å². The van der Waals surface area contributed by atoms with Crippen LogP contribution in [0.1, 0.15) is 0 Å². The van der Waals surface area contributed by atoms with Gasteiger partial charge in [0.15, 0.2) is 0 Å². The Morgan fingerprint density at radius 3 is 1.57 bits per heavy atom. The zero-order valence-electron chi connectivity index (χ0n) is 22.2. The van der Waals surface area contributed by atoms with Crippen molar-refractivity contribution in [1.82, 2.24) is 0 Å². The van der Waals surface area contributed by atoms with Crippen LogP contribution in [-0.4, -0.2) is 38.9 Å². The maximum Gasteiger partial charge on any atom is 1.00 e. The molecule has 0 spiro atoms. The molecule has 4 aromatic rings. The molecule has 0 unspecified atom stereocenters. The maximum atomic E-state index is 11.9. The van der Waals surface area contributed by atoms with Gasteiger partial charge in [-0.15, -0.1) is 10.2 Å². The Labute approximate surface area is 307 Å². The molecule has 4 aromatic carbocycles. The normalized spacial score (nSPS) is 12.1. The van der Waals surface area contributed by atoms with E-state index in [9.17, 15) is 38.9 Å². The third-order valence-electron chi connectivity index (χ3n) is 5.17. The van der Waals surface area contributed by atoms with Gasteiger partial charge >= 0.3 is 88.7 Å². The fourth-order valence-electron chi connectivity index (χ4n) is 3.33. The van der Waals surface area contributed by atoms with Gasteiger partial charge in [-0.1, -0.05) is 6.07 Å². The Morgan fingerprint density at radius 1 is 0.500 bits per heavy atom. The average Bonchev–Trinajstić information content (AvgIpc) is 2.86. The summed E-state index contributed by atoms with van der Waals surface area (Å²) < 4.78 is 103. The van der Waals surface area contributed by atoms with Crippen LogP contribution in [0.15, 0.2) is 108 Å². The molecule has 202 valence electrons. The number of nitrogens with zero attached hydrogens (tertiary/aromatic N) is 4. The van der Waals surface area contributed by atoms with Gasteiger partial charge in [0.25, 0.3) is 0 Å². The summed E-state index contributed by atoms with van der Waals surface area (Å²) in [7, 11) is -14.5. The molecule has 42 heavy (non-hydrogen) atoms. The van der Waals surface area contributed by atoms with Crippen molar-refractivity contribution in [3.8, 4) is 0 Å². The van der Waals surface area contributed by atoms with Crippen LogP contribution in [0.25, 0.3) is 10.8 Å². The van der Waals surface area contributed by atoms with Gasteiger partial charge < -0.3 is 19.4 Å². The molecule has 0 saturated carbocycles. The van der Waals surface area contributed by atoms with Crippen molar-refractivity contribution in [3.05, 3.63) is 72.8 Å². The second kappa shape index (κ2) is 15.2. The molecule has 2 N–H and O–H groups in total. The predicted octanol–water partition coefficient (Wildman–Crippen LogP) is -5.02. The Morgan fingerprint density at radius 2 is 1.00 bits per heavy atom. The predicted molar refractivity (Wildman–Crippen MR) is 133 cm³/mol. The Hall–Kier alpha value is -1.13. The number of anilines is 1. The molecule has 4 rings (SSSR count). The average molecular weight is 658 g/mol. The minimum absolute atomic E-state index is 0. The number of fused-ring (bicyclic) bond motifs is 1. The molecule has 0 atom stereocenters. The largest absolute Gasteiger partial charge is 1.00 e. The Kier molecular flexibility index (Phi) is 14.1. The van der Waals surface area contributed by atoms with Crippen molar-refractivity contribution >= 4 is 69.6 Å². The molecule has 0 aliphatic carbocycles. The maximum absolute atomic E-state index is 11.9. The van der Waals surface area contributed by atoms with Crippen molar-refractivity contribution in [3.63, 3.8) is 0 Å². The first-order valence-corrected chi connectivity index (χ1v) is 14.6. The van der Waals surface area contributed by atoms with Crippen LogP contribution in [-0.2, 0) is 30.4 Å². The summed E-state index contributed by atoms with van der Waals surface area (Å²) in [6.45, 7) is 0. The first-order chi connectivity index (χ1) is 18.1. The molecule has 0 heterocycles. The minimum Gasteiger partial charge on any atom is -0.744 e. The zero-order chi connectivity index (χ0) is 28.6. The molecular weight excluding hydrogens is 643 g/mol. The molecule has 0 fully saturated rings. The summed E-state index contributed by atoms with van der Waals surface area (Å²) >= 11 is 0. The van der Waals surface area contributed by atoms with E-state index >= 15 is 0 Å². The number of hydrogen-bond acceptors (Lipinski definition) is 14. The molecule has 0 amide bonds. The summed E-state index contributed by atoms with van der Waals surface area (Å²) in [6, 6.07) is 14.0. The Bertz CT molecular complexity index is 2010. The Balaban J connectivity index is 0.00000294. The van der Waals surface area contributed by atoms with E-state index in [1.165, 1.54) is 36.4 Å². The van der Waals surface area contributed by atoms with Gasteiger partial charge in [-0.2, -0.15) is 10.2 Å². The second-order valence-electron chi connectivity index (χ2n) is 7.79. The van der Waals surface area contributed by atoms with Crippen LogP contribution in [0.2, 0.25) is 0 Å². The van der Waals surface area contributed by atoms with E-state index in [4.69, 9.17) is 5.73 Å². The summed E-state index contributed by atoms with van der Waals surface area (Å²) in [5.41, 5.74) is 5.88. The topological polar surface area (TPSA) is 247 Å². The molecule has 0 aromatic heterocycles. The quantitative estimate of drug-likeness (QED) is 0.0858. The molecule has 0 aliphatic rings. The smallest absolute Gasteiger partial charge is 0.744 e. The zero-order valence-corrected chi connectivity index (χ0v) is 30.6. The fraction of sp³-hybridized carbons (Fsp3) is 0. The van der Waals surface area contributed by atoms with Gasteiger partial charge in [0.1, 0.15) is 36.0 Å². The van der Waals surface area contributed by atoms with Gasteiger partial charge in [-0.3, -0.25) is 0 Å². The summed E-state index contributed by atoms with van der Waals surface area (Å²) in [5.74, 6) is 0. The number of nitrogen functional groups attached to an aromatic ring is 1. The van der Waals surface area contributed by atoms with E-state index in [1.54, 1.807) is 0 Å². The molecule has 0 saturated heterocycles. The number of hydrogen-bond donors (Lipinski definition) is 1. The van der Waals surface area contributed by atoms with E-state index in [0.29, 0.717) is 5.39 Å². The van der Waals surface area contributed by atoms with E-state index in [0.717, 1.165) is 36.4 Å². The fourth-order valence-corrected chi connectivity index (χ4v) is 4.92. The first-order valence-electron chi connectivity index (χ1n) is 10.4. The summed E-state index contributed by atoms with van der Waals surface area (Å²) in [4.78, 5) is -1.81. The van der Waals surface area contributed by atoms with Crippen LogP contribution >= 0.6 is 0 Å². The van der Waals surface area contributed by atoms with Crippen molar-refractivity contribution in [2.45, 2.75) is 14.7 Å². The number of azo groups is 2. The van der Waals surface area contributed by atoms with E-state index in [2.05, 4.69) is 20.5 Å². The first kappa shape index (κ1) is 38.9. The van der Waals surface area contributed by atoms with E-state index < -0.39 is 45.0 Å². The molecular formula is C22H14N5Na3O9S3. The van der Waals surface area contributed by atoms with Crippen molar-refractivity contribution in [2.75, 3.05) is 5.73 Å². The SMILES string of the molecule is Nc1ccc(N=Nc2ccc(N=Nc3ccc(S(=O)(=O)[O-])cc3)cc2S(=O)(=O)[O-])c2cc(S(=O)(=O)[O-])ccc12.[Na+].[Na+].[Na+]. The van der Waals surface area contributed by atoms with E-state index in [1.807, 2.05) is 0 Å². The van der Waals surface area contributed by atoms with E-state index in [-0.39, 0.29) is 122 Å². The molecule has 0 bridgehead atoms. The van der Waals surface area contributed by atoms with Gasteiger partial charge in [0, 0.05) is 16.5 Å². The molecule has 20 heteroatoms. The summed E-state index contributed by atoms with van der Waals surface area (Å²) in [5, 5.41) is 15.9. The monoisotopic (exact) mass is 657 g/mol. The van der Waals surface area contributed by atoms with Crippen molar-refractivity contribution < 1.29 is 128 Å². The van der Waals surface area contributed by atoms with Crippen LogP contribution in [0, 0.1) is 0 Å².